The van der Waals surface area contributed by atoms with Crippen LogP contribution in [0.3, 0.4) is 0 Å². The van der Waals surface area contributed by atoms with Crippen LogP contribution in [0.25, 0.3) is 0 Å². The Morgan fingerprint density at radius 2 is 2.22 bits per heavy atom. The van der Waals surface area contributed by atoms with Gasteiger partial charge in [0.1, 0.15) is 5.75 Å². The molecule has 0 bridgehead atoms. The molecule has 1 fully saturated rings. The number of carboxylic acid groups (broad SMARTS) is 1. The van der Waals surface area contributed by atoms with Crippen molar-refractivity contribution >= 4 is 5.97 Å². The number of hydrogen-bond donors (Lipinski definition) is 2. The zero-order chi connectivity index (χ0) is 13.3. The zero-order valence-electron chi connectivity index (χ0n) is 10.0. The normalized spacial score (nSPS) is 16.3. The van der Waals surface area contributed by atoms with E-state index in [2.05, 4.69) is 0 Å². The van der Waals surface area contributed by atoms with Crippen molar-refractivity contribution in [2.24, 2.45) is 5.92 Å². The summed E-state index contributed by atoms with van der Waals surface area (Å²) in [4.78, 5) is 10.8. The second-order valence-corrected chi connectivity index (χ2v) is 4.59. The number of carboxylic acids is 1. The highest BCUT2D eigenvalue weighted by Gasteiger charge is 2.35. The molecule has 2 rings (SSSR count). The van der Waals surface area contributed by atoms with Crippen LogP contribution in [0.5, 0.6) is 11.5 Å². The minimum Gasteiger partial charge on any atom is -0.508 e. The third-order valence-corrected chi connectivity index (χ3v) is 3.29. The van der Waals surface area contributed by atoms with Crippen molar-refractivity contribution in [2.75, 3.05) is 7.11 Å². The fourth-order valence-corrected chi connectivity index (χ4v) is 2.23. The third kappa shape index (κ3) is 2.55. The number of hydrogen-bond acceptors (Lipinski definition) is 3. The fourth-order valence-electron chi connectivity index (χ4n) is 2.23. The van der Waals surface area contributed by atoms with Crippen molar-refractivity contribution in [3.8, 4) is 11.5 Å². The van der Waals surface area contributed by atoms with Crippen molar-refractivity contribution in [1.29, 1.82) is 0 Å². The van der Waals surface area contributed by atoms with E-state index in [1.165, 1.54) is 19.2 Å². The van der Waals surface area contributed by atoms with Gasteiger partial charge in [0, 0.05) is 17.5 Å². The maximum absolute atomic E-state index is 13.6. The zero-order valence-corrected chi connectivity index (χ0v) is 10.0. The number of phenols is 1. The molecule has 4 nitrogen and oxygen atoms in total. The summed E-state index contributed by atoms with van der Waals surface area (Å²) < 4.78 is 18.4. The summed E-state index contributed by atoms with van der Waals surface area (Å²) in [5.41, 5.74) is 0.359. The molecule has 0 saturated heterocycles. The number of methoxy groups -OCH3 is 1. The molecular weight excluding hydrogens is 239 g/mol. The highest BCUT2D eigenvalue weighted by molar-refractivity contribution is 5.68. The molecule has 18 heavy (non-hydrogen) atoms. The molecule has 1 aromatic rings. The van der Waals surface area contributed by atoms with Crippen molar-refractivity contribution in [2.45, 2.75) is 25.2 Å². The maximum Gasteiger partial charge on any atom is 0.303 e. The largest absolute Gasteiger partial charge is 0.508 e. The van der Waals surface area contributed by atoms with Crippen LogP contribution >= 0.6 is 0 Å². The van der Waals surface area contributed by atoms with E-state index < -0.39 is 11.8 Å². The first kappa shape index (κ1) is 12.7. The number of phenolic OH excluding ortho intramolecular Hbond substituents is 1. The first-order valence-electron chi connectivity index (χ1n) is 5.81. The third-order valence-electron chi connectivity index (χ3n) is 3.29. The molecule has 0 aliphatic heterocycles. The number of ether oxygens (including phenoxy) is 1. The molecule has 1 atom stereocenters. The van der Waals surface area contributed by atoms with Gasteiger partial charge in [-0.05, 0) is 24.8 Å². The van der Waals surface area contributed by atoms with Crippen LogP contribution in [0.2, 0.25) is 0 Å². The summed E-state index contributed by atoms with van der Waals surface area (Å²) >= 11 is 0. The summed E-state index contributed by atoms with van der Waals surface area (Å²) in [6, 6.07) is 2.38. The molecule has 98 valence electrons. The molecule has 1 aliphatic carbocycles. The van der Waals surface area contributed by atoms with Crippen LogP contribution in [0, 0.1) is 11.7 Å². The summed E-state index contributed by atoms with van der Waals surface area (Å²) in [5.74, 6) is -1.78. The summed E-state index contributed by atoms with van der Waals surface area (Å²) in [7, 11) is 1.31. The average molecular weight is 254 g/mol. The fraction of sp³-hybridized carbons (Fsp3) is 0.462. The Morgan fingerprint density at radius 1 is 1.56 bits per heavy atom. The Balaban J connectivity index is 2.35. The topological polar surface area (TPSA) is 66.8 Å². The second-order valence-electron chi connectivity index (χ2n) is 4.59. The number of rotatable bonds is 5. The molecule has 0 aromatic heterocycles. The lowest BCUT2D eigenvalue weighted by Crippen LogP contribution is -2.09. The molecule has 1 saturated carbocycles. The van der Waals surface area contributed by atoms with Gasteiger partial charge in [0.25, 0.3) is 0 Å². The van der Waals surface area contributed by atoms with Crippen molar-refractivity contribution in [3.05, 3.63) is 23.5 Å². The van der Waals surface area contributed by atoms with Crippen LogP contribution in [0.4, 0.5) is 4.39 Å². The van der Waals surface area contributed by atoms with E-state index in [-0.39, 0.29) is 29.8 Å². The predicted octanol–water partition coefficient (Wildman–Crippen LogP) is 2.51. The van der Waals surface area contributed by atoms with E-state index in [1.807, 2.05) is 0 Å². The lowest BCUT2D eigenvalue weighted by molar-refractivity contribution is -0.137. The van der Waals surface area contributed by atoms with Crippen molar-refractivity contribution in [3.63, 3.8) is 0 Å². The summed E-state index contributed by atoms with van der Waals surface area (Å²) in [6.07, 6.45) is 1.75. The molecule has 5 heteroatoms. The number of benzene rings is 1. The molecule has 1 unspecified atom stereocenters. The summed E-state index contributed by atoms with van der Waals surface area (Å²) in [6.45, 7) is 0. The van der Waals surface area contributed by atoms with Gasteiger partial charge < -0.3 is 14.9 Å². The first-order chi connectivity index (χ1) is 8.52. The minimum absolute atomic E-state index is 0.0406. The Bertz CT molecular complexity index is 468. The number of halogens is 1. The monoisotopic (exact) mass is 254 g/mol. The van der Waals surface area contributed by atoms with Gasteiger partial charge in [-0.3, -0.25) is 4.79 Å². The molecule has 1 aromatic carbocycles. The second kappa shape index (κ2) is 4.84. The number of aromatic hydroxyl groups is 1. The Labute approximate surface area is 104 Å². The quantitative estimate of drug-likeness (QED) is 0.847. The molecular formula is C13H15FO4. The van der Waals surface area contributed by atoms with Crippen molar-refractivity contribution < 1.29 is 24.1 Å². The van der Waals surface area contributed by atoms with Gasteiger partial charge in [0.15, 0.2) is 11.6 Å². The van der Waals surface area contributed by atoms with Gasteiger partial charge in [-0.2, -0.15) is 0 Å². The van der Waals surface area contributed by atoms with Crippen LogP contribution in [0.15, 0.2) is 12.1 Å². The molecule has 0 amide bonds. The van der Waals surface area contributed by atoms with Crippen LogP contribution in [0.1, 0.15) is 30.7 Å². The van der Waals surface area contributed by atoms with Crippen LogP contribution in [-0.2, 0) is 4.79 Å². The molecule has 0 radical (unpaired) electrons. The predicted molar refractivity (Wildman–Crippen MR) is 62.3 cm³/mol. The van der Waals surface area contributed by atoms with Gasteiger partial charge in [-0.15, -0.1) is 0 Å². The van der Waals surface area contributed by atoms with E-state index in [9.17, 15) is 14.3 Å². The van der Waals surface area contributed by atoms with Gasteiger partial charge >= 0.3 is 5.97 Å². The highest BCUT2D eigenvalue weighted by Crippen LogP contribution is 2.47. The SMILES string of the molecule is COc1cc(O)c(C(CC(=O)O)C2CC2)cc1F. The Morgan fingerprint density at radius 3 is 2.72 bits per heavy atom. The van der Waals surface area contributed by atoms with E-state index in [1.54, 1.807) is 0 Å². The maximum atomic E-state index is 13.6. The van der Waals surface area contributed by atoms with Gasteiger partial charge in [0.05, 0.1) is 13.5 Å². The average Bonchev–Trinajstić information content (AvgIpc) is 3.12. The molecule has 1 aliphatic rings. The van der Waals surface area contributed by atoms with E-state index >= 15 is 0 Å². The van der Waals surface area contributed by atoms with Gasteiger partial charge in [0.2, 0.25) is 0 Å². The number of carbonyl (C=O) groups is 1. The molecule has 2 N–H and O–H groups in total. The van der Waals surface area contributed by atoms with E-state index in [0.29, 0.717) is 5.56 Å². The van der Waals surface area contributed by atoms with E-state index in [4.69, 9.17) is 9.84 Å². The van der Waals surface area contributed by atoms with Gasteiger partial charge in [-0.25, -0.2) is 4.39 Å². The highest BCUT2D eigenvalue weighted by atomic mass is 19.1. The molecule has 0 heterocycles. The summed E-state index contributed by atoms with van der Waals surface area (Å²) in [5, 5.41) is 18.8. The minimum atomic E-state index is -0.942. The lowest BCUT2D eigenvalue weighted by atomic mass is 9.90. The van der Waals surface area contributed by atoms with Crippen molar-refractivity contribution in [1.82, 2.24) is 0 Å². The van der Waals surface area contributed by atoms with Gasteiger partial charge in [-0.1, -0.05) is 0 Å². The lowest BCUT2D eigenvalue weighted by Gasteiger charge is -2.17. The van der Waals surface area contributed by atoms with Crippen LogP contribution < -0.4 is 4.74 Å². The smallest absolute Gasteiger partial charge is 0.303 e. The molecule has 0 spiro atoms. The Kier molecular flexibility index (Phi) is 3.41. The van der Waals surface area contributed by atoms with Crippen LogP contribution in [-0.4, -0.2) is 23.3 Å². The first-order valence-corrected chi connectivity index (χ1v) is 5.81. The number of aliphatic carboxylic acids is 1. The van der Waals surface area contributed by atoms with E-state index in [0.717, 1.165) is 12.8 Å². The Hall–Kier alpha value is -1.78. The standard InChI is InChI=1S/C13H15FO4/c1-18-12-6-11(15)9(4-10(12)14)8(5-13(16)17)7-2-3-7/h4,6-8,15H,2-3,5H2,1H3,(H,16,17).